The Morgan fingerprint density at radius 1 is 1.00 bits per heavy atom. The Kier molecular flexibility index (Phi) is 9.37. The lowest BCUT2D eigenvalue weighted by atomic mass is 10.0. The lowest BCUT2D eigenvalue weighted by molar-refractivity contribution is -0.123. The van der Waals surface area contributed by atoms with Crippen molar-refractivity contribution in [1.82, 2.24) is 25.6 Å². The number of hydrogen-bond acceptors (Lipinski definition) is 9. The van der Waals surface area contributed by atoms with E-state index in [0.29, 0.717) is 16.4 Å². The highest BCUT2D eigenvalue weighted by Gasteiger charge is 2.26. The number of methoxy groups -OCH3 is 1. The number of benzene rings is 2. The second-order valence-electron chi connectivity index (χ2n) is 8.59. The van der Waals surface area contributed by atoms with Crippen molar-refractivity contribution in [2.24, 2.45) is 0 Å². The van der Waals surface area contributed by atoms with Gasteiger partial charge < -0.3 is 15.4 Å². The predicted octanol–water partition coefficient (Wildman–Crippen LogP) is 3.18. The van der Waals surface area contributed by atoms with Gasteiger partial charge in [0.2, 0.25) is 5.91 Å². The number of ether oxygens (including phenoxy) is 1. The van der Waals surface area contributed by atoms with Crippen molar-refractivity contribution < 1.29 is 27.3 Å². The molecule has 0 saturated heterocycles. The highest BCUT2D eigenvalue weighted by Crippen LogP contribution is 2.27. The second-order valence-corrected chi connectivity index (χ2v) is 10.6. The largest absolute Gasteiger partial charge is 0.453 e. The van der Waals surface area contributed by atoms with Gasteiger partial charge >= 0.3 is 16.4 Å². The molecule has 14 heteroatoms. The van der Waals surface area contributed by atoms with E-state index in [4.69, 9.17) is 9.29 Å². The number of thiazole rings is 1. The molecule has 0 aliphatic rings. The average molecular weight is 583 g/mol. The lowest BCUT2D eigenvalue weighted by Crippen LogP contribution is -2.49. The van der Waals surface area contributed by atoms with Gasteiger partial charge in [-0.25, -0.2) is 9.78 Å². The molecule has 4 aromatic rings. The molecule has 0 saturated carbocycles. The third kappa shape index (κ3) is 8.30. The van der Waals surface area contributed by atoms with Gasteiger partial charge in [-0.3, -0.25) is 24.0 Å². The number of hydrogen-bond donors (Lipinski definition) is 4. The molecule has 40 heavy (non-hydrogen) atoms. The number of aromatic nitrogens is 3. The first-order chi connectivity index (χ1) is 19.2. The Hall–Kier alpha value is -4.40. The molecule has 2 amide bonds. The fraction of sp³-hybridized carbons (Fsp3) is 0.192. The minimum atomic E-state index is -4.41. The molecule has 2 aromatic carbocycles. The highest BCUT2D eigenvalue weighted by molar-refractivity contribution is 7.87. The van der Waals surface area contributed by atoms with Crippen LogP contribution in [0.1, 0.15) is 22.9 Å². The van der Waals surface area contributed by atoms with Crippen molar-refractivity contribution >= 4 is 39.3 Å². The van der Waals surface area contributed by atoms with Gasteiger partial charge in [0.25, 0.3) is 0 Å². The van der Waals surface area contributed by atoms with Crippen molar-refractivity contribution in [3.05, 3.63) is 95.4 Å². The van der Waals surface area contributed by atoms with Crippen LogP contribution in [0.5, 0.6) is 0 Å². The predicted molar refractivity (Wildman–Crippen MR) is 149 cm³/mol. The molecule has 0 aliphatic heterocycles. The van der Waals surface area contributed by atoms with Crippen LogP contribution in [0, 0.1) is 0 Å². The maximum atomic E-state index is 13.5. The van der Waals surface area contributed by atoms with Gasteiger partial charge in [0.05, 0.1) is 30.7 Å². The molecule has 0 radical (unpaired) electrons. The average Bonchev–Trinajstić information content (AvgIpc) is 3.44. The van der Waals surface area contributed by atoms with Crippen LogP contribution in [0.2, 0.25) is 0 Å². The van der Waals surface area contributed by atoms with E-state index < -0.39 is 34.4 Å². The Balaban J connectivity index is 1.60. The van der Waals surface area contributed by atoms with E-state index in [-0.39, 0.29) is 18.5 Å². The standard InChI is InChI=1S/C26H26N6O6S2/c1-38-26(34)31-21(14-17-5-3-2-4-6-17)24(33)29-20(13-18-7-9-19(10-8-18)32-40(35,36)37)23-16-39-25(30-23)22-15-27-11-12-28-22/h2-12,15-16,20-21,32H,13-14H2,1H3,(H,29,33)(H,31,34)(H,35,36,37)/t20?,21-/m0/s1. The third-order valence-corrected chi connectivity index (χ3v) is 7.07. The molecule has 2 atom stereocenters. The summed E-state index contributed by atoms with van der Waals surface area (Å²) in [6.07, 6.45) is 4.48. The fourth-order valence-corrected chi connectivity index (χ4v) is 5.10. The van der Waals surface area contributed by atoms with E-state index >= 15 is 0 Å². The van der Waals surface area contributed by atoms with Crippen molar-refractivity contribution in [3.63, 3.8) is 0 Å². The minimum Gasteiger partial charge on any atom is -0.453 e. The van der Waals surface area contributed by atoms with E-state index in [1.807, 2.05) is 40.4 Å². The van der Waals surface area contributed by atoms with Gasteiger partial charge in [-0.1, -0.05) is 42.5 Å². The molecular formula is C26H26N6O6S2. The Morgan fingerprint density at radius 2 is 1.73 bits per heavy atom. The molecule has 1 unspecified atom stereocenters. The Morgan fingerprint density at radius 3 is 2.38 bits per heavy atom. The molecule has 0 bridgehead atoms. The third-order valence-electron chi connectivity index (χ3n) is 5.69. The van der Waals surface area contributed by atoms with Crippen LogP contribution in [0.25, 0.3) is 10.7 Å². The van der Waals surface area contributed by atoms with Crippen molar-refractivity contribution in [2.45, 2.75) is 24.9 Å². The van der Waals surface area contributed by atoms with Crippen LogP contribution in [0.4, 0.5) is 10.5 Å². The van der Waals surface area contributed by atoms with Gasteiger partial charge in [-0.2, -0.15) is 8.42 Å². The zero-order valence-corrected chi connectivity index (χ0v) is 22.9. The number of nitrogens with zero attached hydrogens (tertiary/aromatic N) is 3. The first kappa shape index (κ1) is 28.6. The first-order valence-electron chi connectivity index (χ1n) is 11.9. The topological polar surface area (TPSA) is 172 Å². The number of carbonyl (C=O) groups is 2. The summed E-state index contributed by atoms with van der Waals surface area (Å²) in [5.41, 5.74) is 2.92. The zero-order chi connectivity index (χ0) is 28.5. The summed E-state index contributed by atoms with van der Waals surface area (Å²) in [6, 6.07) is 14.0. The smallest absolute Gasteiger partial charge is 0.407 e. The Bertz CT molecular complexity index is 1530. The van der Waals surface area contributed by atoms with Gasteiger partial charge in [-0.15, -0.1) is 11.3 Å². The van der Waals surface area contributed by atoms with Crippen molar-refractivity contribution in [2.75, 3.05) is 11.8 Å². The van der Waals surface area contributed by atoms with Gasteiger partial charge in [0.15, 0.2) is 0 Å². The first-order valence-corrected chi connectivity index (χ1v) is 14.3. The molecule has 2 heterocycles. The molecule has 0 fully saturated rings. The lowest BCUT2D eigenvalue weighted by Gasteiger charge is -2.23. The normalized spacial score (nSPS) is 12.7. The second kappa shape index (κ2) is 13.1. The fourth-order valence-electron chi connectivity index (χ4n) is 3.83. The van der Waals surface area contributed by atoms with Crippen LogP contribution in [0.15, 0.2) is 78.6 Å². The quantitative estimate of drug-likeness (QED) is 0.194. The number of amides is 2. The summed E-state index contributed by atoms with van der Waals surface area (Å²) in [5, 5.41) is 8.02. The number of rotatable bonds is 11. The molecule has 0 aliphatic carbocycles. The van der Waals surface area contributed by atoms with Crippen LogP contribution in [-0.2, 0) is 32.7 Å². The van der Waals surface area contributed by atoms with Crippen LogP contribution < -0.4 is 15.4 Å². The van der Waals surface area contributed by atoms with Crippen LogP contribution >= 0.6 is 11.3 Å². The Labute approximate surface area is 234 Å². The maximum Gasteiger partial charge on any atom is 0.407 e. The highest BCUT2D eigenvalue weighted by atomic mass is 32.2. The number of carbonyl (C=O) groups excluding carboxylic acids is 2. The summed E-state index contributed by atoms with van der Waals surface area (Å²) in [5.74, 6) is -0.446. The summed E-state index contributed by atoms with van der Waals surface area (Å²) >= 11 is 1.34. The van der Waals surface area contributed by atoms with E-state index in [9.17, 15) is 18.0 Å². The van der Waals surface area contributed by atoms with Gasteiger partial charge in [0, 0.05) is 24.2 Å². The molecule has 208 valence electrons. The van der Waals surface area contributed by atoms with Crippen molar-refractivity contribution in [3.8, 4) is 10.7 Å². The zero-order valence-electron chi connectivity index (χ0n) is 21.2. The molecule has 0 spiro atoms. The maximum absolute atomic E-state index is 13.5. The number of anilines is 1. The van der Waals surface area contributed by atoms with Crippen LogP contribution in [-0.4, -0.2) is 53.1 Å². The van der Waals surface area contributed by atoms with E-state index in [1.165, 1.54) is 30.6 Å². The summed E-state index contributed by atoms with van der Waals surface area (Å²) < 4.78 is 38.0. The van der Waals surface area contributed by atoms with Gasteiger partial charge in [0.1, 0.15) is 16.7 Å². The molecule has 12 nitrogen and oxygen atoms in total. The minimum absolute atomic E-state index is 0.177. The summed E-state index contributed by atoms with van der Waals surface area (Å²) in [7, 11) is -3.19. The summed E-state index contributed by atoms with van der Waals surface area (Å²) in [6.45, 7) is 0. The molecular weight excluding hydrogens is 556 g/mol. The summed E-state index contributed by atoms with van der Waals surface area (Å²) in [4.78, 5) is 38.6. The van der Waals surface area contributed by atoms with Crippen molar-refractivity contribution in [1.29, 1.82) is 0 Å². The van der Waals surface area contributed by atoms with E-state index in [1.54, 1.807) is 30.7 Å². The monoisotopic (exact) mass is 582 g/mol. The molecule has 2 aromatic heterocycles. The van der Waals surface area contributed by atoms with Crippen LogP contribution in [0.3, 0.4) is 0 Å². The SMILES string of the molecule is COC(=O)N[C@@H](Cc1ccccc1)C(=O)NC(Cc1ccc(NS(=O)(=O)O)cc1)c1csc(-c2cnccn2)n1. The van der Waals surface area contributed by atoms with E-state index in [2.05, 4.69) is 25.6 Å². The molecule has 4 N–H and O–H groups in total. The van der Waals surface area contributed by atoms with E-state index in [0.717, 1.165) is 11.1 Å². The molecule has 4 rings (SSSR count). The van der Waals surface area contributed by atoms with Gasteiger partial charge in [-0.05, 0) is 29.7 Å². The number of alkyl carbamates (subject to hydrolysis) is 1. The number of nitrogens with one attached hydrogen (secondary N) is 3.